The molecule has 6 heteroatoms. The van der Waals surface area contributed by atoms with Crippen LogP contribution in [0.3, 0.4) is 0 Å². The van der Waals surface area contributed by atoms with Gasteiger partial charge in [-0.1, -0.05) is 0 Å². The van der Waals surface area contributed by atoms with Gasteiger partial charge in [-0.3, -0.25) is 9.00 Å². The lowest BCUT2D eigenvalue weighted by Gasteiger charge is -2.19. The van der Waals surface area contributed by atoms with Crippen LogP contribution in [-0.2, 0) is 20.8 Å². The number of hydrogen-bond donors (Lipinski definition) is 1. The first-order chi connectivity index (χ1) is 5.31. The van der Waals surface area contributed by atoms with Crippen LogP contribution in [0, 0.1) is 0 Å². The molecule has 0 saturated carbocycles. The van der Waals surface area contributed by atoms with Gasteiger partial charge in [0.25, 0.3) is 0 Å². The lowest BCUT2D eigenvalue weighted by molar-refractivity contribution is -0.153. The molecule has 0 aliphatic rings. The van der Waals surface area contributed by atoms with Crippen molar-refractivity contribution in [2.75, 3.05) is 6.54 Å². The van der Waals surface area contributed by atoms with Crippen LogP contribution in [0.2, 0.25) is 0 Å². The van der Waals surface area contributed by atoms with Crippen molar-refractivity contribution in [1.82, 2.24) is 4.72 Å². The van der Waals surface area contributed by atoms with Gasteiger partial charge >= 0.3 is 5.97 Å². The van der Waals surface area contributed by atoms with Crippen molar-refractivity contribution in [2.45, 2.75) is 26.4 Å². The molecule has 12 heavy (non-hydrogen) atoms. The second-order valence-electron chi connectivity index (χ2n) is 3.14. The molecule has 0 amide bonds. The predicted molar refractivity (Wildman–Crippen MR) is 42.8 cm³/mol. The van der Waals surface area contributed by atoms with Crippen LogP contribution in [0.4, 0.5) is 0 Å². The molecule has 0 aliphatic heterocycles. The van der Waals surface area contributed by atoms with Crippen LogP contribution in [0.15, 0.2) is 0 Å². The molecule has 5 nitrogen and oxygen atoms in total. The van der Waals surface area contributed by atoms with E-state index in [1.807, 2.05) is 4.72 Å². The molecule has 0 heterocycles. The summed E-state index contributed by atoms with van der Waals surface area (Å²) < 4.78 is 26.6. The highest BCUT2D eigenvalue weighted by Gasteiger charge is 2.15. The van der Waals surface area contributed by atoms with Crippen LogP contribution < -0.4 is 4.72 Å². The zero-order valence-electron chi connectivity index (χ0n) is 7.25. The summed E-state index contributed by atoms with van der Waals surface area (Å²) in [5.74, 6) is -0.591. The fraction of sp³-hybridized carbons (Fsp3) is 0.833. The molecule has 0 aromatic heterocycles. The Bertz CT molecular complexity index is 186. The molecule has 0 aliphatic carbocycles. The van der Waals surface area contributed by atoms with Gasteiger partial charge in [-0.2, -0.15) is 0 Å². The first-order valence-corrected chi connectivity index (χ1v) is 4.43. The summed E-state index contributed by atoms with van der Waals surface area (Å²) in [4.78, 5) is 10.8. The molecule has 1 N–H and O–H groups in total. The van der Waals surface area contributed by atoms with E-state index in [2.05, 4.69) is 0 Å². The van der Waals surface area contributed by atoms with E-state index >= 15 is 0 Å². The zero-order valence-corrected chi connectivity index (χ0v) is 8.06. The summed E-state index contributed by atoms with van der Waals surface area (Å²) >= 11 is -2.42. The average Bonchev–Trinajstić information content (AvgIpc) is 1.79. The highest BCUT2D eigenvalue weighted by molar-refractivity contribution is 7.77. The third-order valence-electron chi connectivity index (χ3n) is 0.754. The Morgan fingerprint density at radius 3 is 2.42 bits per heavy atom. The standard InChI is InChI=1S/C6H13NO4S/c1-6(2,3)11-5(8)4-7-12(9)10/h7H,4H2,1-3H3,(H,9,10)/p-1. The van der Waals surface area contributed by atoms with Crippen LogP contribution >= 0.6 is 0 Å². The second kappa shape index (κ2) is 4.54. The summed E-state index contributed by atoms with van der Waals surface area (Å²) in [6.07, 6.45) is 0. The normalized spacial score (nSPS) is 14.0. The van der Waals surface area contributed by atoms with Gasteiger partial charge in [-0.05, 0) is 20.8 Å². The number of rotatable bonds is 3. The van der Waals surface area contributed by atoms with E-state index < -0.39 is 22.8 Å². The van der Waals surface area contributed by atoms with Gasteiger partial charge in [0.15, 0.2) is 0 Å². The van der Waals surface area contributed by atoms with Crippen molar-refractivity contribution in [2.24, 2.45) is 0 Å². The van der Waals surface area contributed by atoms with E-state index in [0.717, 1.165) is 0 Å². The van der Waals surface area contributed by atoms with Gasteiger partial charge in [-0.25, -0.2) is 4.72 Å². The Morgan fingerprint density at radius 2 is 2.08 bits per heavy atom. The number of nitrogens with one attached hydrogen (secondary N) is 1. The predicted octanol–water partition coefficient (Wildman–Crippen LogP) is -0.288. The van der Waals surface area contributed by atoms with Gasteiger partial charge in [0.2, 0.25) is 0 Å². The van der Waals surface area contributed by atoms with Crippen molar-refractivity contribution in [1.29, 1.82) is 0 Å². The SMILES string of the molecule is CC(C)(C)OC(=O)CNS(=O)[O-]. The third kappa shape index (κ3) is 7.64. The molecule has 0 rings (SSSR count). The Balaban J connectivity index is 3.68. The minimum Gasteiger partial charge on any atom is -0.760 e. The molecular weight excluding hydrogens is 182 g/mol. The number of carbonyl (C=O) groups excluding carboxylic acids is 1. The minimum atomic E-state index is -2.42. The molecule has 72 valence electrons. The van der Waals surface area contributed by atoms with E-state index in [-0.39, 0.29) is 6.54 Å². The fourth-order valence-electron chi connectivity index (χ4n) is 0.495. The van der Waals surface area contributed by atoms with E-state index in [1.54, 1.807) is 20.8 Å². The Kier molecular flexibility index (Phi) is 4.36. The van der Waals surface area contributed by atoms with Crippen LogP contribution in [0.1, 0.15) is 20.8 Å². The maximum absolute atomic E-state index is 10.8. The summed E-state index contributed by atoms with van der Waals surface area (Å²) in [5.41, 5.74) is -0.580. The Morgan fingerprint density at radius 1 is 1.58 bits per heavy atom. The van der Waals surface area contributed by atoms with E-state index in [1.165, 1.54) is 0 Å². The van der Waals surface area contributed by atoms with Crippen molar-refractivity contribution in [3.05, 3.63) is 0 Å². The van der Waals surface area contributed by atoms with Crippen molar-refractivity contribution in [3.8, 4) is 0 Å². The number of esters is 1. The molecule has 0 radical (unpaired) electrons. The largest absolute Gasteiger partial charge is 0.760 e. The van der Waals surface area contributed by atoms with Crippen molar-refractivity contribution >= 4 is 17.2 Å². The van der Waals surface area contributed by atoms with E-state index in [9.17, 15) is 13.6 Å². The van der Waals surface area contributed by atoms with Gasteiger partial charge < -0.3 is 9.29 Å². The second-order valence-corrected chi connectivity index (χ2v) is 3.90. The fourth-order valence-corrected chi connectivity index (χ4v) is 0.731. The molecule has 1 unspecified atom stereocenters. The first kappa shape index (κ1) is 11.5. The van der Waals surface area contributed by atoms with Crippen LogP contribution in [0.5, 0.6) is 0 Å². The van der Waals surface area contributed by atoms with Crippen LogP contribution in [-0.4, -0.2) is 26.9 Å². The monoisotopic (exact) mass is 194 g/mol. The minimum absolute atomic E-state index is 0.326. The van der Waals surface area contributed by atoms with Gasteiger partial charge in [-0.15, -0.1) is 0 Å². The number of ether oxygens (including phenoxy) is 1. The molecular formula is C6H12NO4S-. The van der Waals surface area contributed by atoms with Gasteiger partial charge in [0.1, 0.15) is 12.1 Å². The lowest BCUT2D eigenvalue weighted by atomic mass is 10.2. The molecule has 0 aromatic rings. The average molecular weight is 194 g/mol. The number of hydrogen-bond acceptors (Lipinski definition) is 4. The van der Waals surface area contributed by atoms with Gasteiger partial charge in [0.05, 0.1) is 0 Å². The first-order valence-electron chi connectivity index (χ1n) is 3.36. The Hall–Kier alpha value is -0.460. The maximum Gasteiger partial charge on any atom is 0.321 e. The van der Waals surface area contributed by atoms with Crippen molar-refractivity contribution in [3.63, 3.8) is 0 Å². The number of carbonyl (C=O) groups is 1. The molecule has 0 fully saturated rings. The molecule has 1 atom stereocenters. The zero-order chi connectivity index (χ0) is 9.78. The Labute approximate surface area is 73.9 Å². The smallest absolute Gasteiger partial charge is 0.321 e. The third-order valence-corrected chi connectivity index (χ3v) is 1.13. The summed E-state index contributed by atoms with van der Waals surface area (Å²) in [7, 11) is 0. The summed E-state index contributed by atoms with van der Waals surface area (Å²) in [5, 5.41) is 0. The highest BCUT2D eigenvalue weighted by atomic mass is 32.2. The lowest BCUT2D eigenvalue weighted by Crippen LogP contribution is -2.32. The van der Waals surface area contributed by atoms with Gasteiger partial charge in [0, 0.05) is 11.3 Å². The highest BCUT2D eigenvalue weighted by Crippen LogP contribution is 2.05. The molecule has 0 spiro atoms. The summed E-state index contributed by atoms with van der Waals surface area (Å²) in [6.45, 7) is 4.80. The van der Waals surface area contributed by atoms with E-state index in [0.29, 0.717) is 0 Å². The maximum atomic E-state index is 10.8. The quantitative estimate of drug-likeness (QED) is 0.494. The van der Waals surface area contributed by atoms with Crippen molar-refractivity contribution < 1.29 is 18.3 Å². The van der Waals surface area contributed by atoms with Crippen LogP contribution in [0.25, 0.3) is 0 Å². The molecule has 0 aromatic carbocycles. The summed E-state index contributed by atoms with van der Waals surface area (Å²) in [6, 6.07) is 0. The van der Waals surface area contributed by atoms with E-state index in [4.69, 9.17) is 4.74 Å². The topological polar surface area (TPSA) is 78.5 Å². The molecule has 0 bridgehead atoms. The molecule has 0 saturated heterocycles.